The number of aromatic nitrogens is 2. The topological polar surface area (TPSA) is 67.3 Å². The second-order valence-corrected chi connectivity index (χ2v) is 4.92. The Labute approximate surface area is 102 Å². The van der Waals surface area contributed by atoms with E-state index in [1.165, 1.54) is 0 Å². The van der Waals surface area contributed by atoms with Gasteiger partial charge < -0.3 is 15.7 Å². The quantitative estimate of drug-likeness (QED) is 0.806. The number of hydrogen-bond donors (Lipinski definition) is 2. The van der Waals surface area contributed by atoms with Crippen molar-refractivity contribution < 1.29 is 5.11 Å². The molecule has 1 saturated heterocycles. The van der Waals surface area contributed by atoms with Gasteiger partial charge in [-0.25, -0.2) is 4.68 Å². The predicted octanol–water partition coefficient (Wildman–Crippen LogP) is 1.00. The maximum absolute atomic E-state index is 9.76. The molecule has 0 aromatic carbocycles. The molecule has 0 amide bonds. The van der Waals surface area contributed by atoms with Crippen LogP contribution in [0.5, 0.6) is 0 Å². The molecule has 5 heteroatoms. The van der Waals surface area contributed by atoms with Crippen molar-refractivity contribution in [2.24, 2.45) is 5.92 Å². The third-order valence-electron chi connectivity index (χ3n) is 3.60. The van der Waals surface area contributed by atoms with Crippen molar-refractivity contribution in [3.8, 4) is 0 Å². The molecule has 1 aromatic heterocycles. The molecule has 1 fully saturated rings. The normalized spacial score (nSPS) is 25.3. The van der Waals surface area contributed by atoms with Crippen LogP contribution in [-0.4, -0.2) is 34.1 Å². The van der Waals surface area contributed by atoms with Crippen molar-refractivity contribution in [1.29, 1.82) is 0 Å². The standard InChI is InChI=1S/C12H22N4O/c1-4-16-12(11(13)9(3)14-16)15-6-5-10(17)8(2)7-15/h8,10,17H,4-7,13H2,1-3H3. The van der Waals surface area contributed by atoms with E-state index in [4.69, 9.17) is 5.73 Å². The van der Waals surface area contributed by atoms with Crippen LogP contribution in [0.1, 0.15) is 26.0 Å². The number of rotatable bonds is 2. The van der Waals surface area contributed by atoms with Crippen molar-refractivity contribution in [2.45, 2.75) is 39.8 Å². The number of piperidine rings is 1. The SMILES string of the molecule is CCn1nc(C)c(N)c1N1CCC(O)C(C)C1. The summed E-state index contributed by atoms with van der Waals surface area (Å²) in [6.07, 6.45) is 0.612. The minimum Gasteiger partial charge on any atom is -0.394 e. The van der Waals surface area contributed by atoms with Crippen molar-refractivity contribution in [2.75, 3.05) is 23.7 Å². The van der Waals surface area contributed by atoms with Gasteiger partial charge in [-0.15, -0.1) is 0 Å². The van der Waals surface area contributed by atoms with Gasteiger partial charge in [-0.2, -0.15) is 5.10 Å². The molecule has 1 aliphatic rings. The largest absolute Gasteiger partial charge is 0.394 e. The summed E-state index contributed by atoms with van der Waals surface area (Å²) in [5.74, 6) is 1.30. The van der Waals surface area contributed by atoms with E-state index in [0.717, 1.165) is 43.3 Å². The zero-order valence-corrected chi connectivity index (χ0v) is 10.8. The average Bonchev–Trinajstić information content (AvgIpc) is 2.59. The molecule has 0 spiro atoms. The average molecular weight is 238 g/mol. The summed E-state index contributed by atoms with van der Waals surface area (Å²) in [7, 11) is 0. The Bertz CT molecular complexity index is 401. The van der Waals surface area contributed by atoms with E-state index in [2.05, 4.69) is 23.8 Å². The van der Waals surface area contributed by atoms with Crippen LogP contribution in [0.25, 0.3) is 0 Å². The van der Waals surface area contributed by atoms with Gasteiger partial charge in [-0.1, -0.05) is 6.92 Å². The summed E-state index contributed by atoms with van der Waals surface area (Å²) in [6, 6.07) is 0. The van der Waals surface area contributed by atoms with Crippen LogP contribution in [0.3, 0.4) is 0 Å². The number of hydrogen-bond acceptors (Lipinski definition) is 4. The summed E-state index contributed by atoms with van der Waals surface area (Å²) in [6.45, 7) is 8.59. The van der Waals surface area contributed by atoms with E-state index in [9.17, 15) is 5.11 Å². The number of nitrogens with zero attached hydrogens (tertiary/aromatic N) is 3. The second kappa shape index (κ2) is 4.56. The molecule has 1 aliphatic heterocycles. The minimum atomic E-state index is -0.188. The predicted molar refractivity (Wildman–Crippen MR) is 69.1 cm³/mol. The lowest BCUT2D eigenvalue weighted by molar-refractivity contribution is 0.0966. The molecule has 0 saturated carbocycles. The monoisotopic (exact) mass is 238 g/mol. The third kappa shape index (κ3) is 2.11. The van der Waals surface area contributed by atoms with Crippen molar-refractivity contribution in [1.82, 2.24) is 9.78 Å². The highest BCUT2D eigenvalue weighted by atomic mass is 16.3. The fraction of sp³-hybridized carbons (Fsp3) is 0.750. The Hall–Kier alpha value is -1.23. The molecule has 5 nitrogen and oxygen atoms in total. The first kappa shape index (κ1) is 12.2. The van der Waals surface area contributed by atoms with Crippen LogP contribution in [0, 0.1) is 12.8 Å². The molecule has 0 bridgehead atoms. The molecule has 2 unspecified atom stereocenters. The molecule has 1 aromatic rings. The molecular formula is C12H22N4O. The first-order chi connectivity index (χ1) is 8.04. The second-order valence-electron chi connectivity index (χ2n) is 4.92. The minimum absolute atomic E-state index is 0.188. The highest BCUT2D eigenvalue weighted by Gasteiger charge is 2.27. The van der Waals surface area contributed by atoms with Crippen LogP contribution < -0.4 is 10.6 Å². The lowest BCUT2D eigenvalue weighted by Gasteiger charge is -2.36. The van der Waals surface area contributed by atoms with Gasteiger partial charge in [0.15, 0.2) is 5.82 Å². The van der Waals surface area contributed by atoms with Gasteiger partial charge in [-0.05, 0) is 26.2 Å². The molecule has 96 valence electrons. The molecule has 3 N–H and O–H groups in total. The maximum Gasteiger partial charge on any atom is 0.150 e. The Morgan fingerprint density at radius 1 is 1.53 bits per heavy atom. The summed E-state index contributed by atoms with van der Waals surface area (Å²) in [4.78, 5) is 2.25. The van der Waals surface area contributed by atoms with Crippen LogP contribution in [0.4, 0.5) is 11.5 Å². The van der Waals surface area contributed by atoms with E-state index < -0.39 is 0 Å². The zero-order valence-electron chi connectivity index (χ0n) is 10.8. The van der Waals surface area contributed by atoms with Gasteiger partial charge in [0.25, 0.3) is 0 Å². The van der Waals surface area contributed by atoms with E-state index in [0.29, 0.717) is 0 Å². The fourth-order valence-electron chi connectivity index (χ4n) is 2.46. The van der Waals surface area contributed by atoms with Gasteiger partial charge in [0, 0.05) is 19.6 Å². The number of nitrogens with two attached hydrogens (primary N) is 1. The van der Waals surface area contributed by atoms with Gasteiger partial charge in [0.1, 0.15) is 0 Å². The molecule has 17 heavy (non-hydrogen) atoms. The smallest absolute Gasteiger partial charge is 0.150 e. The van der Waals surface area contributed by atoms with Crippen LogP contribution in [-0.2, 0) is 6.54 Å². The summed E-state index contributed by atoms with van der Waals surface area (Å²) in [5, 5.41) is 14.2. The molecule has 0 aliphatic carbocycles. The Morgan fingerprint density at radius 2 is 2.24 bits per heavy atom. The highest BCUT2D eigenvalue weighted by molar-refractivity contribution is 5.66. The van der Waals surface area contributed by atoms with E-state index >= 15 is 0 Å². The van der Waals surface area contributed by atoms with E-state index in [1.54, 1.807) is 0 Å². The Balaban J connectivity index is 2.28. The molecule has 0 radical (unpaired) electrons. The maximum atomic E-state index is 9.76. The fourth-order valence-corrected chi connectivity index (χ4v) is 2.46. The summed E-state index contributed by atoms with van der Waals surface area (Å²) < 4.78 is 1.95. The van der Waals surface area contributed by atoms with E-state index in [1.807, 2.05) is 11.6 Å². The number of aliphatic hydroxyl groups excluding tert-OH is 1. The van der Waals surface area contributed by atoms with Gasteiger partial charge in [0.2, 0.25) is 0 Å². The van der Waals surface area contributed by atoms with E-state index in [-0.39, 0.29) is 12.0 Å². The first-order valence-corrected chi connectivity index (χ1v) is 6.30. The molecule has 2 heterocycles. The van der Waals surface area contributed by atoms with Gasteiger partial charge >= 0.3 is 0 Å². The van der Waals surface area contributed by atoms with Crippen LogP contribution in [0.2, 0.25) is 0 Å². The van der Waals surface area contributed by atoms with Crippen molar-refractivity contribution in [3.05, 3.63) is 5.69 Å². The molecule has 2 atom stereocenters. The number of aryl methyl sites for hydroxylation is 2. The number of anilines is 2. The van der Waals surface area contributed by atoms with Crippen molar-refractivity contribution >= 4 is 11.5 Å². The molecule has 2 rings (SSSR count). The lowest BCUT2D eigenvalue weighted by atomic mass is 9.97. The number of aliphatic hydroxyl groups is 1. The van der Waals surface area contributed by atoms with Crippen molar-refractivity contribution in [3.63, 3.8) is 0 Å². The summed E-state index contributed by atoms with van der Waals surface area (Å²) in [5.41, 5.74) is 7.77. The zero-order chi connectivity index (χ0) is 12.6. The molecular weight excluding hydrogens is 216 g/mol. The highest BCUT2D eigenvalue weighted by Crippen LogP contribution is 2.30. The Morgan fingerprint density at radius 3 is 2.82 bits per heavy atom. The van der Waals surface area contributed by atoms with Gasteiger partial charge in [-0.3, -0.25) is 0 Å². The lowest BCUT2D eigenvalue weighted by Crippen LogP contribution is -2.43. The Kier molecular flexibility index (Phi) is 3.28. The summed E-state index contributed by atoms with van der Waals surface area (Å²) >= 11 is 0. The van der Waals surface area contributed by atoms with Gasteiger partial charge in [0.05, 0.1) is 17.5 Å². The number of nitrogen functional groups attached to an aromatic ring is 1. The van der Waals surface area contributed by atoms with Crippen LogP contribution in [0.15, 0.2) is 0 Å². The first-order valence-electron chi connectivity index (χ1n) is 6.30. The van der Waals surface area contributed by atoms with Crippen LogP contribution >= 0.6 is 0 Å². The third-order valence-corrected chi connectivity index (χ3v) is 3.60.